The summed E-state index contributed by atoms with van der Waals surface area (Å²) >= 11 is 6.06. The van der Waals surface area contributed by atoms with E-state index < -0.39 is 15.9 Å². The van der Waals surface area contributed by atoms with Gasteiger partial charge in [-0.2, -0.15) is 0 Å². The molecule has 0 spiro atoms. The zero-order valence-electron chi connectivity index (χ0n) is 15.0. The van der Waals surface area contributed by atoms with Crippen molar-refractivity contribution in [3.05, 3.63) is 53.6 Å². The second kappa shape index (κ2) is 9.48. The summed E-state index contributed by atoms with van der Waals surface area (Å²) in [4.78, 5) is 12.2. The van der Waals surface area contributed by atoms with Gasteiger partial charge in [0.15, 0.2) is 0 Å². The molecule has 1 N–H and O–H groups in total. The van der Waals surface area contributed by atoms with E-state index >= 15 is 0 Å². The molecule has 2 rings (SSSR count). The van der Waals surface area contributed by atoms with Crippen LogP contribution in [0.5, 0.6) is 11.5 Å². The van der Waals surface area contributed by atoms with E-state index in [1.54, 1.807) is 18.2 Å². The molecule has 0 saturated heterocycles. The number of anilines is 1. The average Bonchev–Trinajstić information content (AvgIpc) is 2.63. The molecule has 0 fully saturated rings. The highest BCUT2D eigenvalue weighted by Gasteiger charge is 2.21. The van der Waals surface area contributed by atoms with Gasteiger partial charge in [-0.05, 0) is 30.3 Å². The maximum Gasteiger partial charge on any atom is 0.240 e. The van der Waals surface area contributed by atoms with Crippen molar-refractivity contribution < 1.29 is 22.7 Å². The second-order valence-electron chi connectivity index (χ2n) is 5.60. The van der Waals surface area contributed by atoms with Crippen LogP contribution in [-0.4, -0.2) is 47.4 Å². The van der Waals surface area contributed by atoms with Gasteiger partial charge in [0, 0.05) is 0 Å². The molecule has 0 aromatic heterocycles. The van der Waals surface area contributed by atoms with Gasteiger partial charge in [-0.15, -0.1) is 0 Å². The highest BCUT2D eigenvalue weighted by atomic mass is 35.5. The number of nitrogens with one attached hydrogen (secondary N) is 1. The van der Waals surface area contributed by atoms with Crippen LogP contribution in [0.15, 0.2) is 48.5 Å². The zero-order valence-corrected chi connectivity index (χ0v) is 16.6. The van der Waals surface area contributed by atoms with Gasteiger partial charge in [0.1, 0.15) is 24.7 Å². The standard InChI is InChI=1S/C18H21ClN2O5S/c1-25-17-9-8-14(12-16(17)19)21(27(2,23)24)13-18(22)20-10-11-26-15-6-4-3-5-7-15/h3-9,12H,10-11,13H2,1-2H3,(H,20,22). The molecule has 0 bridgehead atoms. The van der Waals surface area contributed by atoms with Crippen LogP contribution in [0, 0.1) is 0 Å². The number of hydrogen-bond donors (Lipinski definition) is 1. The number of ether oxygens (including phenoxy) is 2. The number of sulfonamides is 1. The van der Waals surface area contributed by atoms with Crippen LogP contribution in [0.1, 0.15) is 0 Å². The Morgan fingerprint density at radius 3 is 2.48 bits per heavy atom. The monoisotopic (exact) mass is 412 g/mol. The van der Waals surface area contributed by atoms with Gasteiger partial charge >= 0.3 is 0 Å². The topological polar surface area (TPSA) is 84.9 Å². The third-order valence-corrected chi connectivity index (χ3v) is 4.98. The first-order valence-electron chi connectivity index (χ1n) is 8.07. The fourth-order valence-electron chi connectivity index (χ4n) is 2.27. The van der Waals surface area contributed by atoms with Crippen LogP contribution in [0.2, 0.25) is 5.02 Å². The Morgan fingerprint density at radius 1 is 1.19 bits per heavy atom. The molecule has 0 atom stereocenters. The molecular formula is C18H21ClN2O5S. The lowest BCUT2D eigenvalue weighted by atomic mass is 10.3. The summed E-state index contributed by atoms with van der Waals surface area (Å²) in [5, 5.41) is 2.88. The third-order valence-electron chi connectivity index (χ3n) is 3.55. The quantitative estimate of drug-likeness (QED) is 0.639. The fraction of sp³-hybridized carbons (Fsp3) is 0.278. The number of carbonyl (C=O) groups excluding carboxylic acids is 1. The van der Waals surface area contributed by atoms with Gasteiger partial charge in [-0.25, -0.2) is 8.42 Å². The van der Waals surface area contributed by atoms with E-state index in [2.05, 4.69) is 5.32 Å². The van der Waals surface area contributed by atoms with Crippen LogP contribution in [-0.2, 0) is 14.8 Å². The molecule has 2 aromatic rings. The predicted octanol–water partition coefficient (Wildman–Crippen LogP) is 2.31. The number of halogens is 1. The number of methoxy groups -OCH3 is 1. The summed E-state index contributed by atoms with van der Waals surface area (Å²) in [6.45, 7) is 0.143. The molecule has 7 nitrogen and oxygen atoms in total. The highest BCUT2D eigenvalue weighted by Crippen LogP contribution is 2.30. The minimum atomic E-state index is -3.68. The third kappa shape index (κ3) is 6.33. The molecule has 1 amide bonds. The lowest BCUT2D eigenvalue weighted by Gasteiger charge is -2.22. The molecule has 9 heteroatoms. The summed E-state index contributed by atoms with van der Waals surface area (Å²) < 4.78 is 35.7. The van der Waals surface area contributed by atoms with Crippen LogP contribution < -0.4 is 19.1 Å². The summed E-state index contributed by atoms with van der Waals surface area (Å²) in [5.74, 6) is 0.651. The molecule has 0 unspecified atom stereocenters. The van der Waals surface area contributed by atoms with Gasteiger partial charge < -0.3 is 14.8 Å². The first kappa shape index (κ1) is 20.9. The number of rotatable bonds is 9. The Labute approximate surface area is 163 Å². The van der Waals surface area contributed by atoms with Crippen molar-refractivity contribution in [3.8, 4) is 11.5 Å². The Balaban J connectivity index is 1.95. The van der Waals surface area contributed by atoms with Crippen molar-refractivity contribution in [3.63, 3.8) is 0 Å². The average molecular weight is 413 g/mol. The van der Waals surface area contributed by atoms with E-state index in [1.165, 1.54) is 19.2 Å². The van der Waals surface area contributed by atoms with Crippen molar-refractivity contribution in [1.29, 1.82) is 0 Å². The minimum absolute atomic E-state index is 0.245. The molecule has 0 saturated carbocycles. The van der Waals surface area contributed by atoms with E-state index in [-0.39, 0.29) is 30.4 Å². The van der Waals surface area contributed by atoms with Gasteiger partial charge in [-0.1, -0.05) is 29.8 Å². The largest absolute Gasteiger partial charge is 0.495 e. The van der Waals surface area contributed by atoms with Gasteiger partial charge in [0.05, 0.1) is 30.6 Å². The van der Waals surface area contributed by atoms with Gasteiger partial charge in [0.2, 0.25) is 15.9 Å². The first-order chi connectivity index (χ1) is 12.8. The number of nitrogens with zero attached hydrogens (tertiary/aromatic N) is 1. The molecule has 0 aliphatic heterocycles. The van der Waals surface area contributed by atoms with E-state index in [1.807, 2.05) is 18.2 Å². The summed E-state index contributed by atoms with van der Waals surface area (Å²) in [6, 6.07) is 13.7. The summed E-state index contributed by atoms with van der Waals surface area (Å²) in [6.07, 6.45) is 1.02. The zero-order chi connectivity index (χ0) is 19.9. The number of hydrogen-bond acceptors (Lipinski definition) is 5. The van der Waals surface area contributed by atoms with Crippen molar-refractivity contribution in [2.24, 2.45) is 0 Å². The van der Waals surface area contributed by atoms with Crippen molar-refractivity contribution in [2.45, 2.75) is 0 Å². The number of benzene rings is 2. The van der Waals surface area contributed by atoms with E-state index in [0.717, 1.165) is 10.6 Å². The molecular weight excluding hydrogens is 392 g/mol. The number of para-hydroxylation sites is 1. The molecule has 0 heterocycles. The molecule has 0 aliphatic carbocycles. The molecule has 146 valence electrons. The van der Waals surface area contributed by atoms with Crippen molar-refractivity contribution in [1.82, 2.24) is 5.32 Å². The van der Waals surface area contributed by atoms with Crippen molar-refractivity contribution in [2.75, 3.05) is 37.4 Å². The van der Waals surface area contributed by atoms with Crippen LogP contribution in [0.3, 0.4) is 0 Å². The summed E-state index contributed by atoms with van der Waals surface area (Å²) in [7, 11) is -2.22. The molecule has 2 aromatic carbocycles. The van der Waals surface area contributed by atoms with Crippen LogP contribution in [0.25, 0.3) is 0 Å². The predicted molar refractivity (Wildman–Crippen MR) is 105 cm³/mol. The Hall–Kier alpha value is -2.45. The SMILES string of the molecule is COc1ccc(N(CC(=O)NCCOc2ccccc2)S(C)(=O)=O)cc1Cl. The fourth-order valence-corrected chi connectivity index (χ4v) is 3.37. The Bertz CT molecular complexity index is 875. The first-order valence-corrected chi connectivity index (χ1v) is 10.3. The van der Waals surface area contributed by atoms with E-state index in [9.17, 15) is 13.2 Å². The lowest BCUT2D eigenvalue weighted by molar-refractivity contribution is -0.119. The van der Waals surface area contributed by atoms with E-state index in [4.69, 9.17) is 21.1 Å². The van der Waals surface area contributed by atoms with Crippen LogP contribution >= 0.6 is 11.6 Å². The second-order valence-corrected chi connectivity index (χ2v) is 7.91. The Kier molecular flexibility index (Phi) is 7.32. The minimum Gasteiger partial charge on any atom is -0.495 e. The Morgan fingerprint density at radius 2 is 1.89 bits per heavy atom. The molecule has 0 radical (unpaired) electrons. The van der Waals surface area contributed by atoms with Crippen molar-refractivity contribution >= 4 is 33.2 Å². The van der Waals surface area contributed by atoms with Gasteiger partial charge in [0.25, 0.3) is 0 Å². The number of carbonyl (C=O) groups is 1. The smallest absolute Gasteiger partial charge is 0.240 e. The maximum atomic E-state index is 12.2. The maximum absolute atomic E-state index is 12.2. The van der Waals surface area contributed by atoms with E-state index in [0.29, 0.717) is 11.5 Å². The molecule has 0 aliphatic rings. The van der Waals surface area contributed by atoms with Gasteiger partial charge in [-0.3, -0.25) is 9.10 Å². The molecule has 27 heavy (non-hydrogen) atoms. The summed E-state index contributed by atoms with van der Waals surface area (Å²) in [5.41, 5.74) is 0.277. The lowest BCUT2D eigenvalue weighted by Crippen LogP contribution is -2.41. The van der Waals surface area contributed by atoms with Crippen LogP contribution in [0.4, 0.5) is 5.69 Å². The number of amides is 1. The normalized spacial score (nSPS) is 10.9. The highest BCUT2D eigenvalue weighted by molar-refractivity contribution is 7.92.